The van der Waals surface area contributed by atoms with Crippen LogP contribution in [-0.4, -0.2) is 31.3 Å². The summed E-state index contributed by atoms with van der Waals surface area (Å²) in [4.78, 5) is 14.3. The molecule has 0 aliphatic rings. The van der Waals surface area contributed by atoms with E-state index >= 15 is 0 Å². The Morgan fingerprint density at radius 1 is 1.42 bits per heavy atom. The third-order valence-electron chi connectivity index (χ3n) is 2.85. The van der Waals surface area contributed by atoms with Crippen LogP contribution in [0.3, 0.4) is 0 Å². The summed E-state index contributed by atoms with van der Waals surface area (Å²) >= 11 is 5.99. The van der Waals surface area contributed by atoms with Crippen LogP contribution in [0.25, 0.3) is 10.9 Å². The van der Waals surface area contributed by atoms with Gasteiger partial charge in [0.15, 0.2) is 0 Å². The molecule has 0 unspecified atom stereocenters. The van der Waals surface area contributed by atoms with Gasteiger partial charge < -0.3 is 14.5 Å². The molecule has 0 saturated heterocycles. The summed E-state index contributed by atoms with van der Waals surface area (Å²) in [5.41, 5.74) is 2.25. The first kappa shape index (κ1) is 13.9. The fraction of sp³-hybridized carbons (Fsp3) is 0.357. The van der Waals surface area contributed by atoms with E-state index in [1.54, 1.807) is 0 Å². The molecule has 0 bridgehead atoms. The lowest BCUT2D eigenvalue weighted by atomic mass is 10.1. The van der Waals surface area contributed by atoms with Crippen molar-refractivity contribution in [3.05, 3.63) is 35.0 Å². The highest BCUT2D eigenvalue weighted by Gasteiger charge is 2.05. The van der Waals surface area contributed by atoms with E-state index in [0.29, 0.717) is 6.61 Å². The smallest absolute Gasteiger partial charge is 0.332 e. The molecule has 1 aromatic carbocycles. The highest BCUT2D eigenvalue weighted by atomic mass is 35.5. The molecule has 0 radical (unpaired) electrons. The summed E-state index contributed by atoms with van der Waals surface area (Å²) in [7, 11) is 1.47. The molecule has 0 saturated carbocycles. The summed E-state index contributed by atoms with van der Waals surface area (Å²) in [6, 6.07) is 5.76. The molecule has 5 heteroatoms. The number of aromatic amines is 1. The van der Waals surface area contributed by atoms with E-state index in [1.165, 1.54) is 12.7 Å². The molecule has 1 aromatic heterocycles. The fourth-order valence-electron chi connectivity index (χ4n) is 1.97. The second-order valence-corrected chi connectivity index (χ2v) is 4.70. The molecular weight excluding hydrogens is 266 g/mol. The molecule has 0 amide bonds. The van der Waals surface area contributed by atoms with Crippen LogP contribution in [0, 0.1) is 0 Å². The van der Waals surface area contributed by atoms with Gasteiger partial charge in [0.25, 0.3) is 0 Å². The number of methoxy groups -OCH3 is 1. The molecule has 102 valence electrons. The Morgan fingerprint density at radius 3 is 3.05 bits per heavy atom. The highest BCUT2D eigenvalue weighted by Crippen LogP contribution is 2.23. The van der Waals surface area contributed by atoms with Crippen molar-refractivity contribution < 1.29 is 14.3 Å². The number of halogens is 1. The molecular formula is C14H16ClNO3. The fourth-order valence-corrected chi connectivity index (χ4v) is 2.14. The van der Waals surface area contributed by atoms with Crippen LogP contribution in [-0.2, 0) is 20.7 Å². The van der Waals surface area contributed by atoms with E-state index in [9.17, 15) is 4.79 Å². The number of carbonyl (C=O) groups excluding carboxylic acids is 1. The maximum Gasteiger partial charge on any atom is 0.332 e. The van der Waals surface area contributed by atoms with Crippen molar-refractivity contribution in [1.29, 1.82) is 0 Å². The van der Waals surface area contributed by atoms with Crippen LogP contribution >= 0.6 is 11.6 Å². The molecule has 4 nitrogen and oxygen atoms in total. The SMILES string of the molecule is COCC(=O)OCCCc1c[nH]c2ccc(Cl)cc12. The minimum atomic E-state index is -0.329. The summed E-state index contributed by atoms with van der Waals surface area (Å²) in [6.45, 7) is 0.401. The Balaban J connectivity index is 1.88. The first-order valence-electron chi connectivity index (χ1n) is 6.11. The monoisotopic (exact) mass is 281 g/mol. The maximum atomic E-state index is 11.1. The average Bonchev–Trinajstić information content (AvgIpc) is 2.77. The molecule has 2 rings (SSSR count). The Bertz CT molecular complexity index is 565. The number of nitrogens with one attached hydrogen (secondary N) is 1. The molecule has 0 atom stereocenters. The molecule has 0 aliphatic heterocycles. The van der Waals surface area contributed by atoms with Gasteiger partial charge in [-0.15, -0.1) is 0 Å². The number of esters is 1. The van der Waals surface area contributed by atoms with Crippen LogP contribution in [0.2, 0.25) is 5.02 Å². The number of aryl methyl sites for hydroxylation is 1. The van der Waals surface area contributed by atoms with Crippen molar-refractivity contribution in [2.45, 2.75) is 12.8 Å². The van der Waals surface area contributed by atoms with Crippen LogP contribution in [0.4, 0.5) is 0 Å². The van der Waals surface area contributed by atoms with Gasteiger partial charge in [-0.25, -0.2) is 4.79 Å². The van der Waals surface area contributed by atoms with Gasteiger partial charge in [-0.2, -0.15) is 0 Å². The van der Waals surface area contributed by atoms with Gasteiger partial charge in [0.2, 0.25) is 0 Å². The Hall–Kier alpha value is -1.52. The lowest BCUT2D eigenvalue weighted by Crippen LogP contribution is -2.12. The maximum absolute atomic E-state index is 11.1. The third-order valence-corrected chi connectivity index (χ3v) is 3.08. The van der Waals surface area contributed by atoms with E-state index in [1.807, 2.05) is 24.4 Å². The zero-order chi connectivity index (χ0) is 13.7. The van der Waals surface area contributed by atoms with E-state index in [-0.39, 0.29) is 12.6 Å². The highest BCUT2D eigenvalue weighted by molar-refractivity contribution is 6.31. The van der Waals surface area contributed by atoms with Crippen molar-refractivity contribution in [3.63, 3.8) is 0 Å². The van der Waals surface area contributed by atoms with Gasteiger partial charge in [0, 0.05) is 29.2 Å². The van der Waals surface area contributed by atoms with Crippen molar-refractivity contribution in [2.24, 2.45) is 0 Å². The number of aromatic nitrogens is 1. The minimum absolute atomic E-state index is 0.00267. The minimum Gasteiger partial charge on any atom is -0.464 e. The van der Waals surface area contributed by atoms with Crippen molar-refractivity contribution in [1.82, 2.24) is 4.98 Å². The lowest BCUT2D eigenvalue weighted by molar-refractivity contribution is -0.147. The first-order chi connectivity index (χ1) is 9.20. The first-order valence-corrected chi connectivity index (χ1v) is 6.48. The number of carbonyl (C=O) groups is 1. The largest absolute Gasteiger partial charge is 0.464 e. The number of fused-ring (bicyclic) bond motifs is 1. The van der Waals surface area contributed by atoms with Crippen LogP contribution in [0.5, 0.6) is 0 Å². The Kier molecular flexibility index (Phi) is 4.82. The van der Waals surface area contributed by atoms with Gasteiger partial charge in [-0.3, -0.25) is 0 Å². The quantitative estimate of drug-likeness (QED) is 0.654. The van der Waals surface area contributed by atoms with Crippen LogP contribution in [0.15, 0.2) is 24.4 Å². The third kappa shape index (κ3) is 3.72. The zero-order valence-corrected chi connectivity index (χ0v) is 11.5. The number of ether oxygens (including phenoxy) is 2. The second kappa shape index (κ2) is 6.59. The summed E-state index contributed by atoms with van der Waals surface area (Å²) < 4.78 is 9.70. The number of benzene rings is 1. The van der Waals surface area contributed by atoms with Crippen molar-refractivity contribution in [3.8, 4) is 0 Å². The molecule has 2 aromatic rings. The van der Waals surface area contributed by atoms with Crippen molar-refractivity contribution in [2.75, 3.05) is 20.3 Å². The van der Waals surface area contributed by atoms with Gasteiger partial charge >= 0.3 is 5.97 Å². The molecule has 0 fully saturated rings. The van der Waals surface area contributed by atoms with E-state index in [0.717, 1.165) is 28.8 Å². The summed E-state index contributed by atoms with van der Waals surface area (Å²) in [5, 5.41) is 1.84. The standard InChI is InChI=1S/C14H16ClNO3/c1-18-9-14(17)19-6-2-3-10-8-16-13-5-4-11(15)7-12(10)13/h4-5,7-8,16H,2-3,6,9H2,1H3. The summed E-state index contributed by atoms with van der Waals surface area (Å²) in [5.74, 6) is -0.329. The molecule has 0 spiro atoms. The van der Waals surface area contributed by atoms with Crippen LogP contribution < -0.4 is 0 Å². The predicted molar refractivity (Wildman–Crippen MR) is 74.5 cm³/mol. The molecule has 1 heterocycles. The van der Waals surface area contributed by atoms with Crippen molar-refractivity contribution >= 4 is 28.5 Å². The lowest BCUT2D eigenvalue weighted by Gasteiger charge is -2.03. The predicted octanol–water partition coefficient (Wildman–Crippen LogP) is 2.94. The number of hydrogen-bond acceptors (Lipinski definition) is 3. The average molecular weight is 282 g/mol. The molecule has 1 N–H and O–H groups in total. The Labute approximate surface area is 116 Å². The van der Waals surface area contributed by atoms with E-state index in [2.05, 4.69) is 9.72 Å². The van der Waals surface area contributed by atoms with E-state index in [4.69, 9.17) is 16.3 Å². The van der Waals surface area contributed by atoms with E-state index < -0.39 is 0 Å². The van der Waals surface area contributed by atoms with Gasteiger partial charge in [0.1, 0.15) is 6.61 Å². The number of rotatable bonds is 6. The summed E-state index contributed by atoms with van der Waals surface area (Å²) in [6.07, 6.45) is 3.58. The Morgan fingerprint density at radius 2 is 2.26 bits per heavy atom. The second-order valence-electron chi connectivity index (χ2n) is 4.26. The van der Waals surface area contributed by atoms with Gasteiger partial charge in [-0.1, -0.05) is 11.6 Å². The van der Waals surface area contributed by atoms with Gasteiger partial charge in [0.05, 0.1) is 6.61 Å². The topological polar surface area (TPSA) is 51.3 Å². The molecule has 19 heavy (non-hydrogen) atoms. The molecule has 0 aliphatic carbocycles. The number of H-pyrrole nitrogens is 1. The number of hydrogen-bond donors (Lipinski definition) is 1. The normalized spacial score (nSPS) is 10.8. The van der Waals surface area contributed by atoms with Crippen LogP contribution in [0.1, 0.15) is 12.0 Å². The van der Waals surface area contributed by atoms with Gasteiger partial charge in [-0.05, 0) is 36.6 Å². The zero-order valence-electron chi connectivity index (χ0n) is 10.7.